The topological polar surface area (TPSA) is 29.4 Å². The second-order valence-corrected chi connectivity index (χ2v) is 4.25. The summed E-state index contributed by atoms with van der Waals surface area (Å²) in [7, 11) is 0. The number of aliphatic imine (C=N–C) groups is 1. The van der Waals surface area contributed by atoms with Gasteiger partial charge in [-0.05, 0) is 35.2 Å². The minimum atomic E-state index is 0.740. The second-order valence-electron chi connectivity index (χ2n) is 4.25. The molecule has 3 rings (SSSR count). The van der Waals surface area contributed by atoms with Crippen molar-refractivity contribution in [3.8, 4) is 11.1 Å². The van der Waals surface area contributed by atoms with Crippen molar-refractivity contribution in [1.82, 2.24) is 0 Å². The van der Waals surface area contributed by atoms with E-state index in [1.54, 1.807) is 12.2 Å². The van der Waals surface area contributed by atoms with Crippen molar-refractivity contribution in [2.24, 2.45) is 4.99 Å². The third-order valence-corrected chi connectivity index (χ3v) is 2.99. The second kappa shape index (κ2) is 5.94. The minimum Gasteiger partial charge on any atom is -0.211 e. The number of nitrogens with zero attached hydrogens (tertiary/aromatic N) is 1. The summed E-state index contributed by atoms with van der Waals surface area (Å²) in [6.07, 6.45) is 4.22. The number of allylic oxidation sites excluding steroid dienone is 1. The Morgan fingerprint density at radius 3 is 2.58 bits per heavy atom. The van der Waals surface area contributed by atoms with Crippen molar-refractivity contribution in [2.45, 2.75) is 13.3 Å². The molecule has 0 aliphatic heterocycles. The van der Waals surface area contributed by atoms with Crippen molar-refractivity contribution < 1.29 is 4.79 Å². The summed E-state index contributed by atoms with van der Waals surface area (Å²) in [5.41, 5.74) is 5.61. The molecule has 19 heavy (non-hydrogen) atoms. The average molecular weight is 249 g/mol. The van der Waals surface area contributed by atoms with E-state index in [4.69, 9.17) is 0 Å². The van der Waals surface area contributed by atoms with E-state index in [1.807, 2.05) is 31.2 Å². The van der Waals surface area contributed by atoms with E-state index in [0.29, 0.717) is 0 Å². The van der Waals surface area contributed by atoms with Gasteiger partial charge in [0.2, 0.25) is 6.08 Å². The summed E-state index contributed by atoms with van der Waals surface area (Å²) in [6.45, 7) is 5.25. The Morgan fingerprint density at radius 2 is 1.84 bits per heavy atom. The highest BCUT2D eigenvalue weighted by atomic mass is 16.1. The molecule has 2 nitrogen and oxygen atoms in total. The Bertz CT molecular complexity index is 652. The minimum absolute atomic E-state index is 0.740. The largest absolute Gasteiger partial charge is 0.240 e. The molecule has 0 bridgehead atoms. The lowest BCUT2D eigenvalue weighted by atomic mass is 10.1. The molecule has 2 aromatic rings. The van der Waals surface area contributed by atoms with Gasteiger partial charge in [-0.25, -0.2) is 4.79 Å². The maximum atomic E-state index is 10.4. The normalized spacial score (nSPS) is 10.4. The molecule has 0 unspecified atom stereocenters. The fourth-order valence-electron chi connectivity index (χ4n) is 2.29. The third kappa shape index (κ3) is 2.54. The first-order valence-electron chi connectivity index (χ1n) is 6.17. The molecule has 1 aliphatic carbocycles. The van der Waals surface area contributed by atoms with Crippen LogP contribution in [-0.4, -0.2) is 6.08 Å². The van der Waals surface area contributed by atoms with Gasteiger partial charge in [0.25, 0.3) is 0 Å². The zero-order valence-electron chi connectivity index (χ0n) is 10.9. The molecule has 0 spiro atoms. The molecule has 0 amide bonds. The molecule has 94 valence electrons. The SMILES string of the molecule is C=CC.O=C=Nc1cccc2c1Cc1ccccc1-2. The monoisotopic (exact) mass is 249 g/mol. The average Bonchev–Trinajstić information content (AvgIpc) is 2.80. The number of rotatable bonds is 1. The standard InChI is InChI=1S/C14H9NO.C3H6/c16-9-15-14-7-3-6-12-11-5-2-1-4-10(11)8-13(12)14;1-3-2/h1-7H,8H2;3H,1H2,2H3. The summed E-state index contributed by atoms with van der Waals surface area (Å²) in [4.78, 5) is 14.1. The highest BCUT2D eigenvalue weighted by molar-refractivity contribution is 5.81. The maximum absolute atomic E-state index is 10.4. The number of hydrogen-bond donors (Lipinski definition) is 0. The lowest BCUT2D eigenvalue weighted by Crippen LogP contribution is -1.80. The predicted molar refractivity (Wildman–Crippen MR) is 78.3 cm³/mol. The summed E-state index contributed by atoms with van der Waals surface area (Å²) in [5, 5.41) is 0. The quantitative estimate of drug-likeness (QED) is 0.356. The first-order chi connectivity index (χ1) is 9.31. The maximum Gasteiger partial charge on any atom is 0.240 e. The summed E-state index contributed by atoms with van der Waals surface area (Å²) in [6, 6.07) is 14.1. The van der Waals surface area contributed by atoms with Crippen LogP contribution in [0.15, 0.2) is 60.1 Å². The Morgan fingerprint density at radius 1 is 1.16 bits per heavy atom. The molecule has 0 aromatic heterocycles. The molecular weight excluding hydrogens is 234 g/mol. The van der Waals surface area contributed by atoms with Gasteiger partial charge in [0.1, 0.15) is 0 Å². The summed E-state index contributed by atoms with van der Waals surface area (Å²) < 4.78 is 0. The Kier molecular flexibility index (Phi) is 4.07. The van der Waals surface area contributed by atoms with Gasteiger partial charge in [-0.3, -0.25) is 0 Å². The Labute approximate surface area is 113 Å². The van der Waals surface area contributed by atoms with E-state index >= 15 is 0 Å². The first-order valence-corrected chi connectivity index (χ1v) is 6.17. The van der Waals surface area contributed by atoms with Crippen LogP contribution < -0.4 is 0 Å². The van der Waals surface area contributed by atoms with Crippen molar-refractivity contribution in [3.05, 3.63) is 66.2 Å². The van der Waals surface area contributed by atoms with Crippen LogP contribution in [0.2, 0.25) is 0 Å². The molecule has 0 atom stereocenters. The fraction of sp³-hybridized carbons (Fsp3) is 0.118. The van der Waals surface area contributed by atoms with Gasteiger partial charge in [0.15, 0.2) is 0 Å². The van der Waals surface area contributed by atoms with E-state index in [2.05, 4.69) is 29.8 Å². The van der Waals surface area contributed by atoms with Crippen LogP contribution in [0.5, 0.6) is 0 Å². The molecule has 0 N–H and O–H groups in total. The summed E-state index contributed by atoms with van der Waals surface area (Å²) in [5.74, 6) is 0. The van der Waals surface area contributed by atoms with E-state index in [1.165, 1.54) is 16.7 Å². The number of fused-ring (bicyclic) bond motifs is 3. The predicted octanol–water partition coefficient (Wildman–Crippen LogP) is 4.42. The van der Waals surface area contributed by atoms with Crippen LogP contribution in [0.25, 0.3) is 11.1 Å². The van der Waals surface area contributed by atoms with Crippen LogP contribution in [0.4, 0.5) is 5.69 Å². The molecule has 0 saturated heterocycles. The van der Waals surface area contributed by atoms with Gasteiger partial charge in [-0.15, -0.1) is 6.58 Å². The van der Waals surface area contributed by atoms with Crippen LogP contribution in [0.1, 0.15) is 18.1 Å². The highest BCUT2D eigenvalue weighted by Gasteiger charge is 2.19. The zero-order valence-corrected chi connectivity index (χ0v) is 10.9. The van der Waals surface area contributed by atoms with Gasteiger partial charge >= 0.3 is 0 Å². The number of benzene rings is 2. The van der Waals surface area contributed by atoms with E-state index in [0.717, 1.165) is 17.7 Å². The molecule has 0 saturated carbocycles. The smallest absolute Gasteiger partial charge is 0.211 e. The van der Waals surface area contributed by atoms with Crippen LogP contribution in [-0.2, 0) is 11.2 Å². The van der Waals surface area contributed by atoms with Crippen LogP contribution in [0, 0.1) is 0 Å². The van der Waals surface area contributed by atoms with Crippen molar-refractivity contribution in [3.63, 3.8) is 0 Å². The molecule has 1 aliphatic rings. The zero-order chi connectivity index (χ0) is 13.7. The van der Waals surface area contributed by atoms with Crippen molar-refractivity contribution >= 4 is 11.8 Å². The lowest BCUT2D eigenvalue weighted by Gasteiger charge is -2.01. The Balaban J connectivity index is 0.000000408. The van der Waals surface area contributed by atoms with Crippen molar-refractivity contribution in [2.75, 3.05) is 0 Å². The van der Waals surface area contributed by atoms with E-state index in [9.17, 15) is 4.79 Å². The summed E-state index contributed by atoms with van der Waals surface area (Å²) >= 11 is 0. The molecule has 2 aromatic carbocycles. The molecule has 2 heteroatoms. The number of hydrogen-bond acceptors (Lipinski definition) is 2. The lowest BCUT2D eigenvalue weighted by molar-refractivity contribution is 0.565. The van der Waals surface area contributed by atoms with Gasteiger partial charge in [0.05, 0.1) is 5.69 Å². The molecule has 0 fully saturated rings. The molecule has 0 radical (unpaired) electrons. The third-order valence-electron chi connectivity index (χ3n) is 2.99. The van der Waals surface area contributed by atoms with Crippen molar-refractivity contribution in [1.29, 1.82) is 0 Å². The van der Waals surface area contributed by atoms with Gasteiger partial charge in [0, 0.05) is 6.42 Å². The highest BCUT2D eigenvalue weighted by Crippen LogP contribution is 2.40. The molecule has 0 heterocycles. The Hall–Kier alpha value is -2.44. The van der Waals surface area contributed by atoms with Gasteiger partial charge in [-0.2, -0.15) is 4.99 Å². The number of carbonyl (C=O) groups excluding carboxylic acids is 1. The fourth-order valence-corrected chi connectivity index (χ4v) is 2.29. The van der Waals surface area contributed by atoms with Crippen LogP contribution in [0.3, 0.4) is 0 Å². The number of isocyanates is 1. The van der Waals surface area contributed by atoms with Gasteiger partial charge in [-0.1, -0.05) is 42.5 Å². The van der Waals surface area contributed by atoms with E-state index in [-0.39, 0.29) is 0 Å². The first kappa shape index (κ1) is 13.0. The van der Waals surface area contributed by atoms with E-state index < -0.39 is 0 Å². The molecular formula is C17H15NO. The van der Waals surface area contributed by atoms with Crippen LogP contribution >= 0.6 is 0 Å². The van der Waals surface area contributed by atoms with Gasteiger partial charge < -0.3 is 0 Å².